The third kappa shape index (κ3) is 5.16. The lowest BCUT2D eigenvalue weighted by Gasteiger charge is -2.49. The van der Waals surface area contributed by atoms with Crippen LogP contribution in [0.25, 0.3) is 0 Å². The second-order valence-corrected chi connectivity index (χ2v) is 9.94. The van der Waals surface area contributed by atoms with Gasteiger partial charge in [0.2, 0.25) is 5.91 Å². The van der Waals surface area contributed by atoms with E-state index in [1.54, 1.807) is 0 Å². The first-order valence-corrected chi connectivity index (χ1v) is 13.0. The molecule has 2 atom stereocenters. The van der Waals surface area contributed by atoms with E-state index in [-0.39, 0.29) is 24.6 Å². The van der Waals surface area contributed by atoms with Crippen molar-refractivity contribution >= 4 is 29.5 Å². The Morgan fingerprint density at radius 2 is 1.51 bits per heavy atom. The van der Waals surface area contributed by atoms with E-state index in [4.69, 9.17) is 4.74 Å². The SMILES string of the molecule is O=C(Cc1ccccc1)NC1C(=O)N2C(C(=O)OC(c3ccccc3)c3ccccc3)=C(CO)CS[C@@H]12. The molecule has 1 unspecified atom stereocenters. The van der Waals surface area contributed by atoms with E-state index in [9.17, 15) is 19.5 Å². The highest BCUT2D eigenvalue weighted by molar-refractivity contribution is 8.00. The van der Waals surface area contributed by atoms with Crippen molar-refractivity contribution in [2.75, 3.05) is 12.4 Å². The van der Waals surface area contributed by atoms with Crippen LogP contribution in [0.15, 0.2) is 102 Å². The summed E-state index contributed by atoms with van der Waals surface area (Å²) in [4.78, 5) is 40.7. The molecule has 188 valence electrons. The molecule has 7 nitrogen and oxygen atoms in total. The Morgan fingerprint density at radius 1 is 0.946 bits per heavy atom. The molecular weight excluding hydrogens is 488 g/mol. The molecule has 0 aliphatic carbocycles. The number of carbonyl (C=O) groups excluding carboxylic acids is 3. The maximum absolute atomic E-state index is 13.5. The molecule has 2 heterocycles. The number of benzene rings is 3. The number of ether oxygens (including phenoxy) is 1. The minimum Gasteiger partial charge on any atom is -0.448 e. The van der Waals surface area contributed by atoms with Gasteiger partial charge in [0, 0.05) is 5.75 Å². The lowest BCUT2D eigenvalue weighted by Crippen LogP contribution is -2.70. The summed E-state index contributed by atoms with van der Waals surface area (Å²) < 4.78 is 5.99. The number of nitrogens with zero attached hydrogens (tertiary/aromatic N) is 1. The molecule has 8 heteroatoms. The number of rotatable bonds is 8. The van der Waals surface area contributed by atoms with E-state index in [1.165, 1.54) is 16.7 Å². The monoisotopic (exact) mass is 514 g/mol. The number of aliphatic hydroxyl groups excluding tert-OH is 1. The van der Waals surface area contributed by atoms with E-state index in [0.717, 1.165) is 16.7 Å². The highest BCUT2D eigenvalue weighted by Gasteiger charge is 2.54. The molecular formula is C29H26N2O5S. The molecule has 1 saturated heterocycles. The van der Waals surface area contributed by atoms with Gasteiger partial charge in [-0.2, -0.15) is 0 Å². The smallest absolute Gasteiger partial charge is 0.356 e. The second-order valence-electron chi connectivity index (χ2n) is 8.83. The molecule has 0 radical (unpaired) electrons. The number of amides is 2. The number of thioether (sulfide) groups is 1. The summed E-state index contributed by atoms with van der Waals surface area (Å²) in [6.07, 6.45) is -0.530. The molecule has 2 aliphatic heterocycles. The van der Waals surface area contributed by atoms with Crippen molar-refractivity contribution in [3.05, 3.63) is 119 Å². The first-order chi connectivity index (χ1) is 18.1. The number of fused-ring (bicyclic) bond motifs is 1. The van der Waals surface area contributed by atoms with Crippen LogP contribution in [0, 0.1) is 0 Å². The van der Waals surface area contributed by atoms with Crippen LogP contribution < -0.4 is 5.32 Å². The Kier molecular flexibility index (Phi) is 7.39. The van der Waals surface area contributed by atoms with Crippen molar-refractivity contribution in [3.8, 4) is 0 Å². The summed E-state index contributed by atoms with van der Waals surface area (Å²) in [5.74, 6) is -0.997. The highest BCUT2D eigenvalue weighted by Crippen LogP contribution is 2.41. The van der Waals surface area contributed by atoms with Crippen molar-refractivity contribution in [2.24, 2.45) is 0 Å². The van der Waals surface area contributed by atoms with E-state index in [2.05, 4.69) is 5.32 Å². The first kappa shape index (κ1) is 24.8. The first-order valence-electron chi connectivity index (χ1n) is 12.0. The summed E-state index contributed by atoms with van der Waals surface area (Å²) >= 11 is 1.40. The topological polar surface area (TPSA) is 95.9 Å². The van der Waals surface area contributed by atoms with Crippen LogP contribution in [0.1, 0.15) is 22.8 Å². The van der Waals surface area contributed by atoms with Crippen LogP contribution in [0.5, 0.6) is 0 Å². The lowest BCUT2D eigenvalue weighted by atomic mass is 10.0. The maximum atomic E-state index is 13.5. The molecule has 0 saturated carbocycles. The maximum Gasteiger partial charge on any atom is 0.356 e. The van der Waals surface area contributed by atoms with Crippen LogP contribution in [-0.2, 0) is 25.5 Å². The van der Waals surface area contributed by atoms with Crippen molar-refractivity contribution in [3.63, 3.8) is 0 Å². The van der Waals surface area contributed by atoms with Crippen molar-refractivity contribution in [1.29, 1.82) is 0 Å². The van der Waals surface area contributed by atoms with Crippen molar-refractivity contribution in [1.82, 2.24) is 10.2 Å². The number of carbonyl (C=O) groups is 3. The fraction of sp³-hybridized carbons (Fsp3) is 0.207. The van der Waals surface area contributed by atoms with Crippen LogP contribution in [0.2, 0.25) is 0 Å². The predicted octanol–water partition coefficient (Wildman–Crippen LogP) is 3.21. The number of nitrogens with one attached hydrogen (secondary N) is 1. The summed E-state index contributed by atoms with van der Waals surface area (Å²) in [6, 6.07) is 27.3. The largest absolute Gasteiger partial charge is 0.448 e. The van der Waals surface area contributed by atoms with Crippen LogP contribution in [0.4, 0.5) is 0 Å². The van der Waals surface area contributed by atoms with Gasteiger partial charge in [-0.15, -0.1) is 11.8 Å². The number of hydrogen-bond acceptors (Lipinski definition) is 6. The van der Waals surface area contributed by atoms with Gasteiger partial charge < -0.3 is 15.2 Å². The van der Waals surface area contributed by atoms with E-state index >= 15 is 0 Å². The minimum atomic E-state index is -0.747. The van der Waals surface area contributed by atoms with E-state index in [0.29, 0.717) is 11.3 Å². The zero-order valence-corrected chi connectivity index (χ0v) is 20.8. The molecule has 1 fully saturated rings. The molecule has 5 rings (SSSR count). The molecule has 0 bridgehead atoms. The van der Waals surface area contributed by atoms with Gasteiger partial charge in [0.15, 0.2) is 6.10 Å². The fourth-order valence-corrected chi connectivity index (χ4v) is 5.88. The molecule has 37 heavy (non-hydrogen) atoms. The normalized spacial score (nSPS) is 18.8. The minimum absolute atomic E-state index is 0.0571. The molecule has 0 spiro atoms. The highest BCUT2D eigenvalue weighted by atomic mass is 32.2. The Bertz CT molecular complexity index is 1270. The zero-order chi connectivity index (χ0) is 25.8. The molecule has 2 aliphatic rings. The van der Waals surface area contributed by atoms with Gasteiger partial charge in [0.05, 0.1) is 13.0 Å². The lowest BCUT2D eigenvalue weighted by molar-refractivity contribution is -0.154. The summed E-state index contributed by atoms with van der Waals surface area (Å²) in [6.45, 7) is -0.375. The molecule has 2 amide bonds. The second kappa shape index (κ2) is 11.0. The van der Waals surface area contributed by atoms with Gasteiger partial charge in [-0.3, -0.25) is 14.5 Å². The molecule has 0 aromatic heterocycles. The Hall–Kier alpha value is -3.88. The molecule has 3 aromatic rings. The number of hydrogen-bond donors (Lipinski definition) is 2. The Balaban J connectivity index is 1.35. The van der Waals surface area contributed by atoms with Crippen LogP contribution >= 0.6 is 11.8 Å². The predicted molar refractivity (Wildman–Crippen MR) is 140 cm³/mol. The van der Waals surface area contributed by atoms with Crippen molar-refractivity contribution < 1.29 is 24.2 Å². The summed E-state index contributed by atoms with van der Waals surface area (Å²) in [5, 5.41) is 12.3. The van der Waals surface area contributed by atoms with Crippen LogP contribution in [-0.4, -0.2) is 51.6 Å². The van der Waals surface area contributed by atoms with Gasteiger partial charge in [-0.05, 0) is 22.3 Å². The Labute approximate surface area is 219 Å². The molecule has 3 aromatic carbocycles. The van der Waals surface area contributed by atoms with E-state index < -0.39 is 29.4 Å². The van der Waals surface area contributed by atoms with Gasteiger partial charge in [-0.1, -0.05) is 91.0 Å². The number of β-lactam (4-membered cyclic amide) rings is 1. The number of aliphatic hydroxyl groups is 1. The third-order valence-electron chi connectivity index (χ3n) is 6.38. The van der Waals surface area contributed by atoms with Gasteiger partial charge in [-0.25, -0.2) is 4.79 Å². The quantitative estimate of drug-likeness (QED) is 0.354. The van der Waals surface area contributed by atoms with E-state index in [1.807, 2.05) is 91.0 Å². The molecule has 2 N–H and O–H groups in total. The average Bonchev–Trinajstić information content (AvgIpc) is 2.95. The summed E-state index contributed by atoms with van der Waals surface area (Å²) in [7, 11) is 0. The standard InChI is InChI=1S/C29H26N2O5S/c32-17-22-18-37-28-24(30-23(33)16-19-10-4-1-5-11-19)27(34)31(28)25(22)29(35)36-26(20-12-6-2-7-13-20)21-14-8-3-9-15-21/h1-15,24,26,28,32H,16-18H2,(H,30,33)/t24?,28-/m0/s1. The summed E-state index contributed by atoms with van der Waals surface area (Å²) in [5.41, 5.74) is 2.90. The average molecular weight is 515 g/mol. The van der Waals surface area contributed by atoms with Gasteiger partial charge in [0.1, 0.15) is 17.1 Å². The zero-order valence-electron chi connectivity index (χ0n) is 19.9. The Morgan fingerprint density at radius 3 is 2.08 bits per heavy atom. The van der Waals surface area contributed by atoms with Crippen molar-refractivity contribution in [2.45, 2.75) is 23.9 Å². The third-order valence-corrected chi connectivity index (χ3v) is 7.72. The number of esters is 1. The van der Waals surface area contributed by atoms with Gasteiger partial charge >= 0.3 is 5.97 Å². The van der Waals surface area contributed by atoms with Crippen LogP contribution in [0.3, 0.4) is 0 Å². The van der Waals surface area contributed by atoms with Gasteiger partial charge in [0.25, 0.3) is 5.91 Å². The fourth-order valence-electron chi connectivity index (χ4n) is 4.55.